The summed E-state index contributed by atoms with van der Waals surface area (Å²) in [5, 5.41) is 1.95. The number of benzene rings is 2. The lowest BCUT2D eigenvalue weighted by atomic mass is 10.2. The second kappa shape index (κ2) is 7.46. The fourth-order valence-corrected chi connectivity index (χ4v) is 4.51. The SMILES string of the molecule is C[C@@H](Sc1nc2ccccc2s1)C(=O)Nc1cc(C(F)(F)F)ccc1Cl. The van der Waals surface area contributed by atoms with Crippen LogP contribution in [0, 0.1) is 0 Å². The first kappa shape index (κ1) is 19.0. The number of fused-ring (bicyclic) bond motifs is 1. The van der Waals surface area contributed by atoms with Crippen LogP contribution >= 0.6 is 34.7 Å². The number of rotatable bonds is 4. The van der Waals surface area contributed by atoms with E-state index in [0.29, 0.717) is 4.34 Å². The number of amides is 1. The van der Waals surface area contributed by atoms with Gasteiger partial charge in [-0.3, -0.25) is 4.79 Å². The van der Waals surface area contributed by atoms with Crippen LogP contribution in [0.2, 0.25) is 5.02 Å². The molecule has 0 saturated heterocycles. The van der Waals surface area contributed by atoms with Gasteiger partial charge in [-0.1, -0.05) is 35.5 Å². The molecule has 1 N–H and O–H groups in total. The van der Waals surface area contributed by atoms with E-state index in [1.54, 1.807) is 6.92 Å². The van der Waals surface area contributed by atoms with Gasteiger partial charge < -0.3 is 5.32 Å². The van der Waals surface area contributed by atoms with Crippen molar-refractivity contribution in [2.75, 3.05) is 5.32 Å². The number of anilines is 1. The average Bonchev–Trinajstić information content (AvgIpc) is 2.97. The number of halogens is 4. The first-order valence-electron chi connectivity index (χ1n) is 7.44. The Morgan fingerprint density at radius 2 is 2.00 bits per heavy atom. The highest BCUT2D eigenvalue weighted by Crippen LogP contribution is 2.35. The molecule has 1 amide bonds. The molecule has 3 rings (SSSR count). The van der Waals surface area contributed by atoms with Gasteiger partial charge in [0.25, 0.3) is 0 Å². The minimum absolute atomic E-state index is 0.0449. The van der Waals surface area contributed by atoms with Crippen molar-refractivity contribution in [2.45, 2.75) is 22.7 Å². The van der Waals surface area contributed by atoms with Crippen LogP contribution in [0.1, 0.15) is 12.5 Å². The number of alkyl halides is 3. The number of carbonyl (C=O) groups excluding carboxylic acids is 1. The molecule has 136 valence electrons. The van der Waals surface area contributed by atoms with Crippen molar-refractivity contribution < 1.29 is 18.0 Å². The first-order chi connectivity index (χ1) is 12.2. The Morgan fingerprint density at radius 1 is 1.27 bits per heavy atom. The average molecular weight is 417 g/mol. The van der Waals surface area contributed by atoms with Gasteiger partial charge in [-0.2, -0.15) is 13.2 Å². The van der Waals surface area contributed by atoms with E-state index in [0.717, 1.165) is 28.4 Å². The molecule has 2 aromatic carbocycles. The van der Waals surface area contributed by atoms with E-state index in [1.165, 1.54) is 23.1 Å². The van der Waals surface area contributed by atoms with Gasteiger partial charge in [-0.15, -0.1) is 11.3 Å². The van der Waals surface area contributed by atoms with E-state index in [2.05, 4.69) is 10.3 Å². The highest BCUT2D eigenvalue weighted by Gasteiger charge is 2.31. The van der Waals surface area contributed by atoms with Crippen LogP contribution < -0.4 is 5.32 Å². The molecule has 3 aromatic rings. The Labute approximate surface area is 160 Å². The maximum absolute atomic E-state index is 12.8. The van der Waals surface area contributed by atoms with Crippen LogP contribution in [0.4, 0.5) is 18.9 Å². The van der Waals surface area contributed by atoms with Crippen molar-refractivity contribution >= 4 is 56.5 Å². The molecule has 0 radical (unpaired) electrons. The number of para-hydroxylation sites is 1. The number of hydrogen-bond donors (Lipinski definition) is 1. The lowest BCUT2D eigenvalue weighted by Crippen LogP contribution is -2.22. The Bertz CT molecular complexity index is 926. The van der Waals surface area contributed by atoms with E-state index in [9.17, 15) is 18.0 Å². The van der Waals surface area contributed by atoms with Gasteiger partial charge >= 0.3 is 6.18 Å². The number of thiazole rings is 1. The third kappa shape index (κ3) is 4.31. The van der Waals surface area contributed by atoms with Crippen molar-refractivity contribution in [1.29, 1.82) is 0 Å². The van der Waals surface area contributed by atoms with Crippen LogP contribution in [0.25, 0.3) is 10.2 Å². The van der Waals surface area contributed by atoms with Crippen molar-refractivity contribution in [1.82, 2.24) is 4.98 Å². The summed E-state index contributed by atoms with van der Waals surface area (Å²) < 4.78 is 40.2. The van der Waals surface area contributed by atoms with Crippen molar-refractivity contribution in [2.24, 2.45) is 0 Å². The second-order valence-corrected chi connectivity index (χ2v) is 8.41. The minimum Gasteiger partial charge on any atom is -0.324 e. The molecule has 26 heavy (non-hydrogen) atoms. The smallest absolute Gasteiger partial charge is 0.324 e. The second-order valence-electron chi connectivity index (χ2n) is 5.39. The Kier molecular flexibility index (Phi) is 5.45. The summed E-state index contributed by atoms with van der Waals surface area (Å²) >= 11 is 8.61. The first-order valence-corrected chi connectivity index (χ1v) is 9.51. The number of aromatic nitrogens is 1. The van der Waals surface area contributed by atoms with Gasteiger partial charge in [0.15, 0.2) is 4.34 Å². The number of hydrogen-bond acceptors (Lipinski definition) is 4. The third-order valence-corrected chi connectivity index (χ3v) is 6.03. The molecule has 1 atom stereocenters. The maximum Gasteiger partial charge on any atom is 0.416 e. The standard InChI is InChI=1S/C17H12ClF3N2OS2/c1-9(25-16-23-12-4-2-3-5-14(12)26-16)15(24)22-13-8-10(17(19,20)21)6-7-11(13)18/h2-9H,1H3,(H,22,24)/t9-/m1/s1. The summed E-state index contributed by atoms with van der Waals surface area (Å²) in [6, 6.07) is 10.4. The molecular formula is C17H12ClF3N2OS2. The van der Waals surface area contributed by atoms with Crippen LogP contribution in [-0.4, -0.2) is 16.1 Å². The molecule has 0 bridgehead atoms. The molecule has 0 aliphatic rings. The van der Waals surface area contributed by atoms with E-state index >= 15 is 0 Å². The van der Waals surface area contributed by atoms with Crippen LogP contribution in [0.15, 0.2) is 46.8 Å². The molecule has 0 aliphatic heterocycles. The van der Waals surface area contributed by atoms with E-state index in [4.69, 9.17) is 11.6 Å². The number of carbonyl (C=O) groups is 1. The van der Waals surface area contributed by atoms with Gasteiger partial charge in [0.05, 0.1) is 31.7 Å². The Balaban J connectivity index is 1.73. The van der Waals surface area contributed by atoms with Crippen molar-refractivity contribution in [3.8, 4) is 0 Å². The fourth-order valence-electron chi connectivity index (χ4n) is 2.14. The number of nitrogens with zero attached hydrogens (tertiary/aromatic N) is 1. The summed E-state index contributed by atoms with van der Waals surface area (Å²) in [5.74, 6) is -0.449. The summed E-state index contributed by atoms with van der Waals surface area (Å²) in [6.07, 6.45) is -4.51. The highest BCUT2D eigenvalue weighted by molar-refractivity contribution is 8.02. The van der Waals surface area contributed by atoms with E-state index in [-0.39, 0.29) is 10.7 Å². The Morgan fingerprint density at radius 3 is 2.69 bits per heavy atom. The monoisotopic (exact) mass is 416 g/mol. The molecule has 1 aromatic heterocycles. The molecule has 0 aliphatic carbocycles. The molecule has 9 heteroatoms. The molecule has 1 heterocycles. The maximum atomic E-state index is 12.8. The highest BCUT2D eigenvalue weighted by atomic mass is 35.5. The van der Waals surface area contributed by atoms with Crippen molar-refractivity contribution in [3.05, 3.63) is 53.1 Å². The normalized spacial score (nSPS) is 13.0. The topological polar surface area (TPSA) is 42.0 Å². The quantitative estimate of drug-likeness (QED) is 0.523. The minimum atomic E-state index is -4.51. The van der Waals surface area contributed by atoms with Crippen LogP contribution in [0.5, 0.6) is 0 Å². The largest absolute Gasteiger partial charge is 0.416 e. The van der Waals surface area contributed by atoms with Gasteiger partial charge in [0.2, 0.25) is 5.91 Å². The fraction of sp³-hybridized carbons (Fsp3) is 0.176. The third-order valence-electron chi connectivity index (χ3n) is 3.47. The molecule has 0 spiro atoms. The zero-order chi connectivity index (χ0) is 18.9. The lowest BCUT2D eigenvalue weighted by molar-refractivity contribution is -0.137. The van der Waals surface area contributed by atoms with E-state index < -0.39 is 22.9 Å². The van der Waals surface area contributed by atoms with Gasteiger partial charge in [-0.05, 0) is 37.3 Å². The van der Waals surface area contributed by atoms with Gasteiger partial charge in [0, 0.05) is 0 Å². The zero-order valence-electron chi connectivity index (χ0n) is 13.3. The molecular weight excluding hydrogens is 405 g/mol. The van der Waals surface area contributed by atoms with Crippen LogP contribution in [-0.2, 0) is 11.0 Å². The molecule has 0 fully saturated rings. The Hall–Kier alpha value is -1.77. The zero-order valence-corrected chi connectivity index (χ0v) is 15.7. The summed E-state index contributed by atoms with van der Waals surface area (Å²) in [5.41, 5.74) is -0.0968. The van der Waals surface area contributed by atoms with E-state index in [1.807, 2.05) is 24.3 Å². The molecule has 3 nitrogen and oxygen atoms in total. The molecule has 0 unspecified atom stereocenters. The predicted octanol–water partition coefficient (Wildman–Crippen LogP) is 6.09. The lowest BCUT2D eigenvalue weighted by Gasteiger charge is -2.14. The van der Waals surface area contributed by atoms with Crippen molar-refractivity contribution in [3.63, 3.8) is 0 Å². The number of thioether (sulfide) groups is 1. The summed E-state index contributed by atoms with van der Waals surface area (Å²) in [7, 11) is 0. The summed E-state index contributed by atoms with van der Waals surface area (Å²) in [4.78, 5) is 16.8. The van der Waals surface area contributed by atoms with Gasteiger partial charge in [0.1, 0.15) is 0 Å². The van der Waals surface area contributed by atoms with Crippen LogP contribution in [0.3, 0.4) is 0 Å². The molecule has 0 saturated carbocycles. The van der Waals surface area contributed by atoms with Gasteiger partial charge in [-0.25, -0.2) is 4.98 Å². The number of nitrogens with one attached hydrogen (secondary N) is 1. The summed E-state index contributed by atoms with van der Waals surface area (Å²) in [6.45, 7) is 1.66. The predicted molar refractivity (Wildman–Crippen MR) is 100 cm³/mol.